The van der Waals surface area contributed by atoms with Gasteiger partial charge in [0.2, 0.25) is 0 Å². The highest BCUT2D eigenvalue weighted by molar-refractivity contribution is 5.59. The number of aliphatic imine (C=N–C) groups is 1. The van der Waals surface area contributed by atoms with Crippen LogP contribution in [-0.4, -0.2) is 6.21 Å². The molecule has 0 atom stereocenters. The fraction of sp³-hybridized carbons (Fsp3) is 0.357. The molecule has 0 aliphatic heterocycles. The molecule has 0 unspecified atom stereocenters. The maximum absolute atomic E-state index is 4.35. The van der Waals surface area contributed by atoms with Gasteiger partial charge < -0.3 is 0 Å². The fourth-order valence-corrected chi connectivity index (χ4v) is 0.906. The van der Waals surface area contributed by atoms with Crippen molar-refractivity contribution in [3.63, 3.8) is 0 Å². The van der Waals surface area contributed by atoms with Crippen LogP contribution in [0.4, 0.5) is 0 Å². The fourth-order valence-electron chi connectivity index (χ4n) is 0.906. The summed E-state index contributed by atoms with van der Waals surface area (Å²) in [7, 11) is 0. The summed E-state index contributed by atoms with van der Waals surface area (Å²) < 4.78 is 0. The van der Waals surface area contributed by atoms with Crippen LogP contribution in [0.3, 0.4) is 0 Å². The summed E-state index contributed by atoms with van der Waals surface area (Å²) >= 11 is 0. The molecule has 0 rings (SSSR count). The van der Waals surface area contributed by atoms with Gasteiger partial charge in [-0.25, -0.2) is 0 Å². The zero-order valence-electron chi connectivity index (χ0n) is 9.98. The lowest BCUT2D eigenvalue weighted by Crippen LogP contribution is -1.75. The van der Waals surface area contributed by atoms with Crippen molar-refractivity contribution in [2.24, 2.45) is 4.99 Å². The molecule has 0 aromatic carbocycles. The van der Waals surface area contributed by atoms with E-state index in [0.29, 0.717) is 0 Å². The maximum Gasteiger partial charge on any atom is 0.0583 e. The zero-order valence-corrected chi connectivity index (χ0v) is 9.98. The smallest absolute Gasteiger partial charge is 0.0583 e. The predicted molar refractivity (Wildman–Crippen MR) is 70.3 cm³/mol. The predicted octanol–water partition coefficient (Wildman–Crippen LogP) is 4.45. The van der Waals surface area contributed by atoms with Gasteiger partial charge in [0, 0.05) is 6.21 Å². The van der Waals surface area contributed by atoms with Crippen LogP contribution in [0.15, 0.2) is 53.2 Å². The van der Waals surface area contributed by atoms with Crippen LogP contribution in [0, 0.1) is 0 Å². The first-order valence-electron chi connectivity index (χ1n) is 5.50. The molecule has 82 valence electrons. The van der Waals surface area contributed by atoms with Crippen LogP contribution in [0.25, 0.3) is 0 Å². The highest BCUT2D eigenvalue weighted by atomic mass is 14.7. The van der Waals surface area contributed by atoms with Gasteiger partial charge >= 0.3 is 0 Å². The molecule has 0 aromatic rings. The van der Waals surface area contributed by atoms with Gasteiger partial charge in [-0.1, -0.05) is 49.8 Å². The highest BCUT2D eigenvalue weighted by Gasteiger charge is 1.82. The van der Waals surface area contributed by atoms with Crippen LogP contribution in [0.1, 0.15) is 33.6 Å². The van der Waals surface area contributed by atoms with Gasteiger partial charge in [-0.2, -0.15) is 0 Å². The molecule has 0 saturated heterocycles. The Kier molecular flexibility index (Phi) is 9.73. The number of nitrogens with zero attached hydrogens (tertiary/aromatic N) is 1. The Bertz CT molecular complexity index is 278. The van der Waals surface area contributed by atoms with Gasteiger partial charge in [-0.3, -0.25) is 4.99 Å². The molecule has 0 spiro atoms. The number of hydrogen-bond acceptors (Lipinski definition) is 1. The molecule has 1 heteroatoms. The Morgan fingerprint density at radius 1 is 1.07 bits per heavy atom. The summed E-state index contributed by atoms with van der Waals surface area (Å²) in [6.07, 6.45) is 18.2. The number of allylic oxidation sites excluding steroid dienone is 7. The van der Waals surface area contributed by atoms with Crippen molar-refractivity contribution in [1.82, 2.24) is 0 Å². The molecule has 15 heavy (non-hydrogen) atoms. The lowest BCUT2D eigenvalue weighted by Gasteiger charge is -1.90. The molecule has 0 aliphatic carbocycles. The summed E-state index contributed by atoms with van der Waals surface area (Å²) in [6, 6.07) is 0. The van der Waals surface area contributed by atoms with Crippen molar-refractivity contribution < 1.29 is 0 Å². The van der Waals surface area contributed by atoms with Crippen molar-refractivity contribution in [3.05, 3.63) is 48.2 Å². The Morgan fingerprint density at radius 3 is 2.40 bits per heavy atom. The summed E-state index contributed by atoms with van der Waals surface area (Å²) in [6.45, 7) is 6.15. The molecule has 0 heterocycles. The Labute approximate surface area is 93.6 Å². The second-order valence-corrected chi connectivity index (χ2v) is 3.08. The first-order chi connectivity index (χ1) is 7.35. The molecule has 0 saturated carbocycles. The zero-order chi connectivity index (χ0) is 11.4. The van der Waals surface area contributed by atoms with Crippen molar-refractivity contribution >= 4 is 6.21 Å². The van der Waals surface area contributed by atoms with E-state index in [9.17, 15) is 0 Å². The standard InChI is InChI=1S/C14H21N/c1-4-7-9-10-11-12-14(6-3)15-13-8-5-2/h4,6-7,9-13H,5,8H2,1-3H3/b7-4+,10-9-,12-11-,14-6+,15-13?. The first kappa shape index (κ1) is 13.6. The lowest BCUT2D eigenvalue weighted by molar-refractivity contribution is 1.01. The van der Waals surface area contributed by atoms with Crippen molar-refractivity contribution in [3.8, 4) is 0 Å². The topological polar surface area (TPSA) is 12.4 Å². The molecule has 0 aliphatic rings. The van der Waals surface area contributed by atoms with E-state index in [1.165, 1.54) is 0 Å². The minimum Gasteiger partial charge on any atom is -0.262 e. The molecule has 0 radical (unpaired) electrons. The molecule has 0 fully saturated rings. The second kappa shape index (κ2) is 10.7. The molecule has 0 N–H and O–H groups in total. The molecule has 1 nitrogen and oxygen atoms in total. The van der Waals surface area contributed by atoms with E-state index in [4.69, 9.17) is 0 Å². The Hall–Kier alpha value is -1.37. The van der Waals surface area contributed by atoms with E-state index in [1.807, 2.05) is 62.6 Å². The Morgan fingerprint density at radius 2 is 1.80 bits per heavy atom. The minimum absolute atomic E-state index is 1.01. The molecule has 0 bridgehead atoms. The first-order valence-corrected chi connectivity index (χ1v) is 5.50. The molecule has 0 amide bonds. The van der Waals surface area contributed by atoms with E-state index >= 15 is 0 Å². The number of unbranched alkanes of at least 4 members (excludes halogenated alkanes) is 1. The minimum atomic E-state index is 1.01. The van der Waals surface area contributed by atoms with Gasteiger partial charge in [0.15, 0.2) is 0 Å². The van der Waals surface area contributed by atoms with Gasteiger partial charge in [0.1, 0.15) is 0 Å². The van der Waals surface area contributed by atoms with Crippen molar-refractivity contribution in [1.29, 1.82) is 0 Å². The lowest BCUT2D eigenvalue weighted by atomic mass is 10.3. The Balaban J connectivity index is 4.10. The average Bonchev–Trinajstić information content (AvgIpc) is 2.26. The van der Waals surface area contributed by atoms with Crippen LogP contribution >= 0.6 is 0 Å². The third-order valence-corrected chi connectivity index (χ3v) is 1.75. The van der Waals surface area contributed by atoms with Gasteiger partial charge in [0.25, 0.3) is 0 Å². The number of rotatable bonds is 6. The van der Waals surface area contributed by atoms with E-state index in [-0.39, 0.29) is 0 Å². The molecular formula is C14H21N. The summed E-state index contributed by atoms with van der Waals surface area (Å²) in [5.74, 6) is 0. The normalized spacial score (nSPS) is 14.2. The van der Waals surface area contributed by atoms with Crippen molar-refractivity contribution in [2.75, 3.05) is 0 Å². The van der Waals surface area contributed by atoms with Crippen LogP contribution < -0.4 is 0 Å². The average molecular weight is 203 g/mol. The van der Waals surface area contributed by atoms with E-state index in [1.54, 1.807) is 0 Å². The van der Waals surface area contributed by atoms with E-state index in [0.717, 1.165) is 18.5 Å². The monoisotopic (exact) mass is 203 g/mol. The quantitative estimate of drug-likeness (QED) is 0.447. The number of hydrogen-bond donors (Lipinski definition) is 0. The summed E-state index contributed by atoms with van der Waals surface area (Å²) in [4.78, 5) is 4.35. The highest BCUT2D eigenvalue weighted by Crippen LogP contribution is 1.99. The largest absolute Gasteiger partial charge is 0.262 e. The van der Waals surface area contributed by atoms with Gasteiger partial charge in [0.05, 0.1) is 5.70 Å². The van der Waals surface area contributed by atoms with Gasteiger partial charge in [-0.15, -0.1) is 0 Å². The van der Waals surface area contributed by atoms with Crippen LogP contribution in [0.5, 0.6) is 0 Å². The van der Waals surface area contributed by atoms with E-state index < -0.39 is 0 Å². The SMILES string of the molecule is C/C=C/C=C\C=C/C(=C\C)N=CCCC. The molecular weight excluding hydrogens is 182 g/mol. The maximum atomic E-state index is 4.35. The summed E-state index contributed by atoms with van der Waals surface area (Å²) in [5.41, 5.74) is 1.01. The van der Waals surface area contributed by atoms with Gasteiger partial charge in [-0.05, 0) is 26.3 Å². The van der Waals surface area contributed by atoms with Crippen LogP contribution in [-0.2, 0) is 0 Å². The van der Waals surface area contributed by atoms with Crippen molar-refractivity contribution in [2.45, 2.75) is 33.6 Å². The summed E-state index contributed by atoms with van der Waals surface area (Å²) in [5, 5.41) is 0. The third-order valence-electron chi connectivity index (χ3n) is 1.75. The molecule has 0 aromatic heterocycles. The second-order valence-electron chi connectivity index (χ2n) is 3.08. The van der Waals surface area contributed by atoms with Crippen LogP contribution in [0.2, 0.25) is 0 Å². The third kappa shape index (κ3) is 8.95. The van der Waals surface area contributed by atoms with E-state index in [2.05, 4.69) is 11.9 Å².